The van der Waals surface area contributed by atoms with Crippen LogP contribution in [0.4, 0.5) is 11.5 Å². The molecule has 1 heterocycles. The fourth-order valence-corrected chi connectivity index (χ4v) is 2.53. The molecule has 100 valence electrons. The van der Waals surface area contributed by atoms with E-state index >= 15 is 0 Å². The maximum atomic E-state index is 9.85. The predicted molar refractivity (Wildman–Crippen MR) is 83.6 cm³/mol. The summed E-state index contributed by atoms with van der Waals surface area (Å²) in [6.45, 7) is 0. The Balaban J connectivity index is 2.11. The SMILES string of the molecule is Oc1ccc(Cl)cc1Nc1ncnc2c(Br)cccc12. The van der Waals surface area contributed by atoms with Gasteiger partial charge < -0.3 is 10.4 Å². The summed E-state index contributed by atoms with van der Waals surface area (Å²) < 4.78 is 0.885. The summed E-state index contributed by atoms with van der Waals surface area (Å²) >= 11 is 9.39. The number of para-hydroxylation sites is 1. The lowest BCUT2D eigenvalue weighted by atomic mass is 10.2. The zero-order valence-electron chi connectivity index (χ0n) is 10.1. The molecular weight excluding hydrogens is 342 g/mol. The Morgan fingerprint density at radius 2 is 2.00 bits per heavy atom. The van der Waals surface area contributed by atoms with E-state index in [0.717, 1.165) is 15.4 Å². The molecule has 6 heteroatoms. The molecule has 0 aliphatic heterocycles. The van der Waals surface area contributed by atoms with Crippen LogP contribution in [0.25, 0.3) is 10.9 Å². The molecule has 0 unspecified atom stereocenters. The van der Waals surface area contributed by atoms with Gasteiger partial charge in [-0.15, -0.1) is 0 Å². The van der Waals surface area contributed by atoms with Gasteiger partial charge in [0.15, 0.2) is 0 Å². The lowest BCUT2D eigenvalue weighted by Crippen LogP contribution is -1.96. The third-order valence-corrected chi connectivity index (χ3v) is 3.70. The van der Waals surface area contributed by atoms with E-state index in [9.17, 15) is 5.11 Å². The van der Waals surface area contributed by atoms with E-state index in [0.29, 0.717) is 16.5 Å². The van der Waals surface area contributed by atoms with Gasteiger partial charge in [0.05, 0.1) is 11.2 Å². The Labute approximate surface area is 128 Å². The smallest absolute Gasteiger partial charge is 0.141 e. The molecule has 0 bridgehead atoms. The molecule has 20 heavy (non-hydrogen) atoms. The number of phenolic OH excluding ortho intramolecular Hbond substituents is 1. The van der Waals surface area contributed by atoms with Crippen LogP contribution in [0.3, 0.4) is 0 Å². The molecule has 0 atom stereocenters. The van der Waals surface area contributed by atoms with Crippen LogP contribution in [-0.4, -0.2) is 15.1 Å². The highest BCUT2D eigenvalue weighted by Crippen LogP contribution is 2.32. The highest BCUT2D eigenvalue weighted by molar-refractivity contribution is 9.10. The van der Waals surface area contributed by atoms with Gasteiger partial charge >= 0.3 is 0 Å². The van der Waals surface area contributed by atoms with Crippen LogP contribution in [0.1, 0.15) is 0 Å². The first-order chi connectivity index (χ1) is 9.65. The van der Waals surface area contributed by atoms with Crippen molar-refractivity contribution in [3.63, 3.8) is 0 Å². The third-order valence-electron chi connectivity index (χ3n) is 2.83. The van der Waals surface area contributed by atoms with Crippen LogP contribution < -0.4 is 5.32 Å². The first-order valence-corrected chi connectivity index (χ1v) is 6.97. The van der Waals surface area contributed by atoms with Crippen molar-refractivity contribution < 1.29 is 5.11 Å². The maximum absolute atomic E-state index is 9.85. The van der Waals surface area contributed by atoms with Crippen molar-refractivity contribution in [2.75, 3.05) is 5.32 Å². The molecule has 0 aliphatic rings. The van der Waals surface area contributed by atoms with Gasteiger partial charge in [-0.1, -0.05) is 17.7 Å². The van der Waals surface area contributed by atoms with Crippen LogP contribution in [-0.2, 0) is 0 Å². The van der Waals surface area contributed by atoms with Gasteiger partial charge in [0.1, 0.15) is 17.9 Å². The average molecular weight is 351 g/mol. The molecule has 0 amide bonds. The molecule has 2 N–H and O–H groups in total. The molecule has 2 aromatic carbocycles. The maximum Gasteiger partial charge on any atom is 0.141 e. The number of rotatable bonds is 2. The Bertz CT molecular complexity index is 794. The number of nitrogens with one attached hydrogen (secondary N) is 1. The number of nitrogens with zero attached hydrogens (tertiary/aromatic N) is 2. The summed E-state index contributed by atoms with van der Waals surface area (Å²) in [5.41, 5.74) is 1.30. The lowest BCUT2D eigenvalue weighted by molar-refractivity contribution is 0.478. The van der Waals surface area contributed by atoms with E-state index in [1.54, 1.807) is 12.1 Å². The van der Waals surface area contributed by atoms with Crippen molar-refractivity contribution in [2.45, 2.75) is 0 Å². The number of benzene rings is 2. The monoisotopic (exact) mass is 349 g/mol. The molecule has 0 fully saturated rings. The number of fused-ring (bicyclic) bond motifs is 1. The Kier molecular flexibility index (Phi) is 3.46. The average Bonchev–Trinajstić information content (AvgIpc) is 2.44. The second-order valence-electron chi connectivity index (χ2n) is 4.14. The molecule has 0 saturated carbocycles. The highest BCUT2D eigenvalue weighted by Gasteiger charge is 2.08. The van der Waals surface area contributed by atoms with Crippen molar-refractivity contribution >= 4 is 49.9 Å². The van der Waals surface area contributed by atoms with Gasteiger partial charge in [-0.3, -0.25) is 0 Å². The number of hydrogen-bond acceptors (Lipinski definition) is 4. The summed E-state index contributed by atoms with van der Waals surface area (Å²) in [4.78, 5) is 8.45. The molecule has 3 rings (SSSR count). The summed E-state index contributed by atoms with van der Waals surface area (Å²) in [6.07, 6.45) is 1.47. The van der Waals surface area contributed by atoms with Crippen LogP contribution in [0.15, 0.2) is 47.2 Å². The van der Waals surface area contributed by atoms with Crippen LogP contribution >= 0.6 is 27.5 Å². The van der Waals surface area contributed by atoms with Gasteiger partial charge in [-0.25, -0.2) is 9.97 Å². The Morgan fingerprint density at radius 3 is 2.85 bits per heavy atom. The number of phenols is 1. The quantitative estimate of drug-likeness (QED) is 0.668. The first-order valence-electron chi connectivity index (χ1n) is 5.80. The van der Waals surface area contributed by atoms with E-state index in [1.807, 2.05) is 18.2 Å². The summed E-state index contributed by atoms with van der Waals surface area (Å²) in [6, 6.07) is 10.5. The molecule has 4 nitrogen and oxygen atoms in total. The fraction of sp³-hybridized carbons (Fsp3) is 0. The summed E-state index contributed by atoms with van der Waals surface area (Å²) in [7, 11) is 0. The largest absolute Gasteiger partial charge is 0.506 e. The van der Waals surface area contributed by atoms with Gasteiger partial charge in [-0.05, 0) is 46.3 Å². The Hall–Kier alpha value is -1.85. The van der Waals surface area contributed by atoms with E-state index in [1.165, 1.54) is 12.4 Å². The van der Waals surface area contributed by atoms with E-state index < -0.39 is 0 Å². The molecule has 0 aliphatic carbocycles. The van der Waals surface area contributed by atoms with Crippen molar-refractivity contribution in [3.8, 4) is 5.75 Å². The molecule has 3 aromatic rings. The normalized spacial score (nSPS) is 10.7. The summed E-state index contributed by atoms with van der Waals surface area (Å²) in [5.74, 6) is 0.713. The minimum Gasteiger partial charge on any atom is -0.506 e. The minimum atomic E-state index is 0.108. The number of aromatic hydroxyl groups is 1. The minimum absolute atomic E-state index is 0.108. The van der Waals surface area contributed by atoms with Gasteiger partial charge in [0.2, 0.25) is 0 Å². The van der Waals surface area contributed by atoms with E-state index in [-0.39, 0.29) is 5.75 Å². The zero-order chi connectivity index (χ0) is 14.1. The number of hydrogen-bond donors (Lipinski definition) is 2. The highest BCUT2D eigenvalue weighted by atomic mass is 79.9. The third kappa shape index (κ3) is 2.42. The number of aromatic nitrogens is 2. The standard InChI is InChI=1S/C14H9BrClN3O/c15-10-3-1-2-9-13(10)17-7-18-14(9)19-11-6-8(16)4-5-12(11)20/h1-7,20H,(H,17,18,19). The number of anilines is 2. The molecule has 1 aromatic heterocycles. The number of halogens is 2. The van der Waals surface area contributed by atoms with Gasteiger partial charge in [0.25, 0.3) is 0 Å². The van der Waals surface area contributed by atoms with E-state index in [4.69, 9.17) is 11.6 Å². The van der Waals surface area contributed by atoms with Crippen LogP contribution in [0, 0.1) is 0 Å². The second-order valence-corrected chi connectivity index (χ2v) is 5.44. The van der Waals surface area contributed by atoms with Crippen molar-refractivity contribution in [3.05, 3.63) is 52.2 Å². The molecule has 0 saturated heterocycles. The van der Waals surface area contributed by atoms with Gasteiger partial charge in [0, 0.05) is 14.9 Å². The van der Waals surface area contributed by atoms with E-state index in [2.05, 4.69) is 31.2 Å². The second kappa shape index (κ2) is 5.26. The fourth-order valence-electron chi connectivity index (χ4n) is 1.89. The van der Waals surface area contributed by atoms with Gasteiger partial charge in [-0.2, -0.15) is 0 Å². The summed E-state index contributed by atoms with van der Waals surface area (Å²) in [5, 5.41) is 14.3. The molecule has 0 spiro atoms. The molecular formula is C14H9BrClN3O. The predicted octanol–water partition coefficient (Wildman–Crippen LogP) is 4.49. The van der Waals surface area contributed by atoms with Crippen LogP contribution in [0.5, 0.6) is 5.75 Å². The first kappa shape index (κ1) is 13.1. The van der Waals surface area contributed by atoms with Crippen LogP contribution in [0.2, 0.25) is 5.02 Å². The Morgan fingerprint density at radius 1 is 1.15 bits per heavy atom. The zero-order valence-corrected chi connectivity index (χ0v) is 12.5. The topological polar surface area (TPSA) is 58.0 Å². The lowest BCUT2D eigenvalue weighted by Gasteiger charge is -2.10. The van der Waals surface area contributed by atoms with Crippen molar-refractivity contribution in [1.82, 2.24) is 9.97 Å². The van der Waals surface area contributed by atoms with Crippen molar-refractivity contribution in [1.29, 1.82) is 0 Å². The van der Waals surface area contributed by atoms with Crippen molar-refractivity contribution in [2.24, 2.45) is 0 Å². The molecule has 0 radical (unpaired) electrons.